The van der Waals surface area contributed by atoms with Crippen LogP contribution in [0.1, 0.15) is 32.6 Å². The van der Waals surface area contributed by atoms with E-state index in [1.807, 2.05) is 35.9 Å². The van der Waals surface area contributed by atoms with Crippen LogP contribution in [0.4, 0.5) is 0 Å². The maximum Gasteiger partial charge on any atom is 0.233 e. The number of amides is 1. The van der Waals surface area contributed by atoms with Gasteiger partial charge in [0.05, 0.1) is 12.9 Å². The van der Waals surface area contributed by atoms with E-state index >= 15 is 0 Å². The van der Waals surface area contributed by atoms with Crippen LogP contribution in [0.5, 0.6) is 5.75 Å². The van der Waals surface area contributed by atoms with Gasteiger partial charge in [0.1, 0.15) is 5.75 Å². The number of likely N-dealkylation sites (tertiary alicyclic amines) is 1. The van der Waals surface area contributed by atoms with E-state index in [1.54, 1.807) is 7.11 Å². The molecule has 26 heavy (non-hydrogen) atoms. The molecule has 1 aliphatic rings. The third-order valence-corrected chi connectivity index (χ3v) is 5.91. The summed E-state index contributed by atoms with van der Waals surface area (Å²) in [6, 6.07) is 8.13. The summed E-state index contributed by atoms with van der Waals surface area (Å²) >= 11 is 1.45. The van der Waals surface area contributed by atoms with Crippen LogP contribution in [0.2, 0.25) is 0 Å². The Balaban J connectivity index is 1.67. The van der Waals surface area contributed by atoms with Gasteiger partial charge in [0, 0.05) is 25.2 Å². The molecule has 2 heterocycles. The Morgan fingerprint density at radius 3 is 2.96 bits per heavy atom. The molecule has 140 valence electrons. The zero-order valence-electron chi connectivity index (χ0n) is 15.6. The van der Waals surface area contributed by atoms with E-state index in [9.17, 15) is 4.79 Å². The molecule has 1 aromatic heterocycles. The highest BCUT2D eigenvalue weighted by molar-refractivity contribution is 7.99. The third kappa shape index (κ3) is 4.03. The lowest BCUT2D eigenvalue weighted by Crippen LogP contribution is -2.44. The number of thioether (sulfide) groups is 1. The topological polar surface area (TPSA) is 60.3 Å². The number of aromatic nitrogens is 3. The fourth-order valence-corrected chi connectivity index (χ4v) is 4.21. The van der Waals surface area contributed by atoms with Gasteiger partial charge in [0.2, 0.25) is 5.91 Å². The molecule has 0 unspecified atom stereocenters. The Hall–Kier alpha value is -2.02. The molecular formula is C19H26N4O2S. The van der Waals surface area contributed by atoms with Crippen molar-refractivity contribution < 1.29 is 9.53 Å². The number of carbonyl (C=O) groups is 1. The van der Waals surface area contributed by atoms with Crippen LogP contribution in [0.3, 0.4) is 0 Å². The number of hydrogen-bond donors (Lipinski definition) is 0. The van der Waals surface area contributed by atoms with Crippen LogP contribution in [0, 0.1) is 0 Å². The number of hydrogen-bond acceptors (Lipinski definition) is 5. The van der Waals surface area contributed by atoms with Crippen LogP contribution >= 0.6 is 11.8 Å². The van der Waals surface area contributed by atoms with Crippen LogP contribution in [0.25, 0.3) is 11.4 Å². The second-order valence-corrected chi connectivity index (χ2v) is 7.47. The van der Waals surface area contributed by atoms with E-state index in [0.29, 0.717) is 11.8 Å². The van der Waals surface area contributed by atoms with Gasteiger partial charge in [-0.1, -0.05) is 30.8 Å². The lowest BCUT2D eigenvalue weighted by atomic mass is 10.0. The molecule has 2 aromatic rings. The Labute approximate surface area is 158 Å². The monoisotopic (exact) mass is 374 g/mol. The molecule has 1 aromatic carbocycles. The maximum atomic E-state index is 12.6. The zero-order valence-corrected chi connectivity index (χ0v) is 16.5. The second-order valence-electron chi connectivity index (χ2n) is 6.53. The standard InChI is InChI=1S/C19H26N4O2S/c1-4-15-9-5-6-11-23(15)17(24)13-26-19-21-20-18(22(19)2)14-8-7-10-16(12-14)25-3/h7-8,10,12,15H,4-6,9,11,13H2,1-3H3/t15-/m1/s1. The Morgan fingerprint density at radius 1 is 1.35 bits per heavy atom. The van der Waals surface area contributed by atoms with Crippen molar-refractivity contribution in [3.05, 3.63) is 24.3 Å². The van der Waals surface area contributed by atoms with Gasteiger partial charge in [-0.05, 0) is 37.8 Å². The number of piperidine rings is 1. The van der Waals surface area contributed by atoms with Crippen molar-refractivity contribution in [3.8, 4) is 17.1 Å². The van der Waals surface area contributed by atoms with Gasteiger partial charge in [0.15, 0.2) is 11.0 Å². The summed E-state index contributed by atoms with van der Waals surface area (Å²) in [5.74, 6) is 2.15. The summed E-state index contributed by atoms with van der Waals surface area (Å²) in [5, 5.41) is 9.31. The van der Waals surface area contributed by atoms with E-state index in [2.05, 4.69) is 22.0 Å². The fraction of sp³-hybridized carbons (Fsp3) is 0.526. The lowest BCUT2D eigenvalue weighted by molar-refractivity contribution is -0.132. The quantitative estimate of drug-likeness (QED) is 0.726. The van der Waals surface area contributed by atoms with Crippen molar-refractivity contribution in [2.45, 2.75) is 43.8 Å². The van der Waals surface area contributed by atoms with Crippen molar-refractivity contribution in [1.82, 2.24) is 19.7 Å². The van der Waals surface area contributed by atoms with Gasteiger partial charge in [-0.15, -0.1) is 10.2 Å². The lowest BCUT2D eigenvalue weighted by Gasteiger charge is -2.35. The SMILES string of the molecule is CC[C@@H]1CCCCN1C(=O)CSc1nnc(-c2cccc(OC)c2)n1C. The minimum Gasteiger partial charge on any atom is -0.497 e. The highest BCUT2D eigenvalue weighted by Crippen LogP contribution is 2.26. The highest BCUT2D eigenvalue weighted by Gasteiger charge is 2.25. The molecule has 6 nitrogen and oxygen atoms in total. The van der Waals surface area contributed by atoms with Gasteiger partial charge in [-0.3, -0.25) is 4.79 Å². The van der Waals surface area contributed by atoms with E-state index in [-0.39, 0.29) is 5.91 Å². The molecule has 1 atom stereocenters. The molecule has 0 N–H and O–H groups in total. The van der Waals surface area contributed by atoms with Crippen molar-refractivity contribution in [2.75, 3.05) is 19.4 Å². The average molecular weight is 375 g/mol. The molecule has 0 spiro atoms. The van der Waals surface area contributed by atoms with Gasteiger partial charge in [-0.2, -0.15) is 0 Å². The van der Waals surface area contributed by atoms with Crippen molar-refractivity contribution in [2.24, 2.45) is 7.05 Å². The van der Waals surface area contributed by atoms with Crippen LogP contribution < -0.4 is 4.74 Å². The summed E-state index contributed by atoms with van der Waals surface area (Å²) in [7, 11) is 3.57. The first-order valence-electron chi connectivity index (χ1n) is 9.10. The van der Waals surface area contributed by atoms with Crippen LogP contribution in [0.15, 0.2) is 29.4 Å². The predicted octanol–water partition coefficient (Wildman–Crippen LogP) is 3.37. The molecule has 7 heteroatoms. The van der Waals surface area contributed by atoms with Gasteiger partial charge >= 0.3 is 0 Å². The second kappa shape index (κ2) is 8.58. The summed E-state index contributed by atoms with van der Waals surface area (Å²) < 4.78 is 7.21. The summed E-state index contributed by atoms with van der Waals surface area (Å²) in [6.45, 7) is 3.04. The molecule has 0 saturated carbocycles. The van der Waals surface area contributed by atoms with Crippen LogP contribution in [-0.4, -0.2) is 51.0 Å². The highest BCUT2D eigenvalue weighted by atomic mass is 32.2. The molecule has 1 amide bonds. The molecule has 0 aliphatic carbocycles. The Morgan fingerprint density at radius 2 is 2.19 bits per heavy atom. The Bertz CT molecular complexity index is 762. The number of rotatable bonds is 6. The van der Waals surface area contributed by atoms with E-state index in [1.165, 1.54) is 18.2 Å². The maximum absolute atomic E-state index is 12.6. The number of methoxy groups -OCH3 is 1. The van der Waals surface area contributed by atoms with Gasteiger partial charge in [-0.25, -0.2) is 0 Å². The molecule has 1 fully saturated rings. The van der Waals surface area contributed by atoms with E-state index in [0.717, 1.165) is 48.1 Å². The van der Waals surface area contributed by atoms with E-state index in [4.69, 9.17) is 4.74 Å². The molecule has 0 radical (unpaired) electrons. The summed E-state index contributed by atoms with van der Waals surface area (Å²) in [5.41, 5.74) is 0.944. The van der Waals surface area contributed by atoms with Crippen molar-refractivity contribution in [1.29, 1.82) is 0 Å². The predicted molar refractivity (Wildman–Crippen MR) is 103 cm³/mol. The third-order valence-electron chi connectivity index (χ3n) is 4.91. The first kappa shape index (κ1) is 18.8. The first-order chi connectivity index (χ1) is 12.6. The summed E-state index contributed by atoms with van der Waals surface area (Å²) in [4.78, 5) is 14.7. The largest absolute Gasteiger partial charge is 0.497 e. The smallest absolute Gasteiger partial charge is 0.233 e. The normalized spacial score (nSPS) is 17.3. The molecular weight excluding hydrogens is 348 g/mol. The molecule has 1 aliphatic heterocycles. The molecule has 1 saturated heterocycles. The van der Waals surface area contributed by atoms with E-state index < -0.39 is 0 Å². The minimum absolute atomic E-state index is 0.201. The first-order valence-corrected chi connectivity index (χ1v) is 10.1. The average Bonchev–Trinajstić information content (AvgIpc) is 3.06. The van der Waals surface area contributed by atoms with Crippen LogP contribution in [-0.2, 0) is 11.8 Å². The van der Waals surface area contributed by atoms with Crippen molar-refractivity contribution >= 4 is 17.7 Å². The molecule has 3 rings (SSSR count). The zero-order chi connectivity index (χ0) is 18.5. The minimum atomic E-state index is 0.201. The Kier molecular flexibility index (Phi) is 6.19. The number of ether oxygens (including phenoxy) is 1. The molecule has 0 bridgehead atoms. The number of nitrogens with zero attached hydrogens (tertiary/aromatic N) is 4. The van der Waals surface area contributed by atoms with Gasteiger partial charge < -0.3 is 14.2 Å². The van der Waals surface area contributed by atoms with Crippen molar-refractivity contribution in [3.63, 3.8) is 0 Å². The fourth-order valence-electron chi connectivity index (χ4n) is 3.42. The summed E-state index contributed by atoms with van der Waals surface area (Å²) in [6.07, 6.45) is 4.48. The van der Waals surface area contributed by atoms with Gasteiger partial charge in [0.25, 0.3) is 0 Å². The number of benzene rings is 1. The number of carbonyl (C=O) groups excluding carboxylic acids is 1.